The van der Waals surface area contributed by atoms with Crippen molar-refractivity contribution < 1.29 is 25.2 Å². The molecule has 0 radical (unpaired) electrons. The highest BCUT2D eigenvalue weighted by molar-refractivity contribution is 8.00. The zero-order valence-electron chi connectivity index (χ0n) is 12.7. The molecule has 1 aliphatic heterocycles. The second-order valence-electron chi connectivity index (χ2n) is 5.77. The molecule has 1 saturated heterocycles. The molecule has 1 saturated carbocycles. The van der Waals surface area contributed by atoms with Crippen LogP contribution in [0.4, 0.5) is 0 Å². The number of aliphatic hydroxyl groups excluding tert-OH is 4. The Morgan fingerprint density at radius 2 is 1.75 bits per heavy atom. The van der Waals surface area contributed by atoms with Crippen LogP contribution in [0, 0.1) is 0 Å². The largest absolute Gasteiger partial charge is 0.394 e. The molecule has 1 aliphatic carbocycles. The van der Waals surface area contributed by atoms with Crippen molar-refractivity contribution in [3.63, 3.8) is 0 Å². The van der Waals surface area contributed by atoms with Crippen molar-refractivity contribution in [3.8, 4) is 0 Å². The van der Waals surface area contributed by atoms with Crippen LogP contribution >= 0.6 is 11.8 Å². The first-order chi connectivity index (χ1) is 11.5. The quantitative estimate of drug-likeness (QED) is 0.312. The lowest BCUT2D eigenvalue weighted by molar-refractivity contribution is -0.160. The molecule has 4 N–H and O–H groups in total. The summed E-state index contributed by atoms with van der Waals surface area (Å²) >= 11 is 1.13. The van der Waals surface area contributed by atoms with E-state index in [1.54, 1.807) is 0 Å². The highest BCUT2D eigenvalue weighted by Crippen LogP contribution is 2.38. The number of thioether (sulfide) groups is 1. The van der Waals surface area contributed by atoms with Crippen LogP contribution in [0.2, 0.25) is 0 Å². The predicted molar refractivity (Wildman–Crippen MR) is 84.9 cm³/mol. The van der Waals surface area contributed by atoms with E-state index in [2.05, 4.69) is 20.1 Å². The summed E-state index contributed by atoms with van der Waals surface area (Å²) in [5.74, 6) is 0. The van der Waals surface area contributed by atoms with Gasteiger partial charge in [0.1, 0.15) is 17.6 Å². The van der Waals surface area contributed by atoms with Gasteiger partial charge < -0.3 is 25.2 Å². The molecule has 0 spiro atoms. The maximum absolute atomic E-state index is 10.3. The topological polar surface area (TPSA) is 188 Å². The molecule has 11 nitrogen and oxygen atoms in total. The summed E-state index contributed by atoms with van der Waals surface area (Å²) in [6.07, 6.45) is -2.57. The molecule has 2 rings (SSSR count). The Kier molecular flexibility index (Phi) is 6.96. The van der Waals surface area contributed by atoms with Gasteiger partial charge in [-0.1, -0.05) is 16.6 Å². The Morgan fingerprint density at radius 1 is 1.04 bits per heavy atom. The van der Waals surface area contributed by atoms with Crippen LogP contribution in [0.5, 0.6) is 0 Å². The maximum atomic E-state index is 10.3. The Balaban J connectivity index is 2.11. The second kappa shape index (κ2) is 8.75. The first kappa shape index (κ1) is 19.1. The van der Waals surface area contributed by atoms with E-state index in [4.69, 9.17) is 15.8 Å². The fourth-order valence-electron chi connectivity index (χ4n) is 3.01. The maximum Gasteiger partial charge on any atom is 0.130 e. The summed E-state index contributed by atoms with van der Waals surface area (Å²) in [7, 11) is 0. The first-order valence-electron chi connectivity index (χ1n) is 7.57. The van der Waals surface area contributed by atoms with E-state index in [1.165, 1.54) is 0 Å². The number of ether oxygens (including phenoxy) is 1. The van der Waals surface area contributed by atoms with Gasteiger partial charge in [0.2, 0.25) is 0 Å². The van der Waals surface area contributed by atoms with Crippen molar-refractivity contribution in [3.05, 3.63) is 20.9 Å². The molecular formula is C12H20N6O5S. The highest BCUT2D eigenvalue weighted by atomic mass is 32.2. The molecule has 0 bridgehead atoms. The first-order valence-corrected chi connectivity index (χ1v) is 8.52. The summed E-state index contributed by atoms with van der Waals surface area (Å²) in [5.41, 5.74) is 16.2. The predicted octanol–water partition coefficient (Wildman–Crippen LogP) is 0.430. The zero-order valence-corrected chi connectivity index (χ0v) is 13.6. The SMILES string of the molecule is [N-]=[N+]=NC1CCC[C@@H](S[C@@H]2OC(CO)[C@H](O)[C@H](N=[N+]=[N-])C2O)C1O. The molecule has 0 aromatic rings. The standard InChI is InChI=1S/C12H20N6O5S/c13-17-15-5-2-1-3-7(9(5)20)24-12-11(22)8(16-18-14)10(21)6(4-19)23-12/h5-12,19-22H,1-4H2/t5?,6?,7-,8+,9?,10+,11?,12+/m1/s1. The Labute approximate surface area is 141 Å². The zero-order chi connectivity index (χ0) is 17.7. The number of nitrogens with zero attached hydrogens (tertiary/aromatic N) is 6. The molecule has 8 atom stereocenters. The van der Waals surface area contributed by atoms with Gasteiger partial charge in [-0.2, -0.15) is 0 Å². The average Bonchev–Trinajstić information content (AvgIpc) is 2.57. The summed E-state index contributed by atoms with van der Waals surface area (Å²) in [5, 5.41) is 46.6. The second-order valence-corrected chi connectivity index (χ2v) is 7.11. The van der Waals surface area contributed by atoms with Gasteiger partial charge >= 0.3 is 0 Å². The lowest BCUT2D eigenvalue weighted by Gasteiger charge is -2.42. The van der Waals surface area contributed by atoms with Gasteiger partial charge in [0.15, 0.2) is 0 Å². The van der Waals surface area contributed by atoms with Gasteiger partial charge in [0, 0.05) is 15.1 Å². The van der Waals surface area contributed by atoms with Gasteiger partial charge in [-0.15, -0.1) is 11.8 Å². The number of hydrogen-bond acceptors (Lipinski definition) is 8. The van der Waals surface area contributed by atoms with E-state index in [9.17, 15) is 20.4 Å². The monoisotopic (exact) mass is 360 g/mol. The molecular weight excluding hydrogens is 340 g/mol. The van der Waals surface area contributed by atoms with Gasteiger partial charge in [-0.05, 0) is 23.9 Å². The van der Waals surface area contributed by atoms with Crippen LogP contribution in [0.25, 0.3) is 20.9 Å². The van der Waals surface area contributed by atoms with Crippen molar-refractivity contribution >= 4 is 11.8 Å². The summed E-state index contributed by atoms with van der Waals surface area (Å²) in [4.78, 5) is 5.35. The minimum absolute atomic E-state index is 0.352. The number of rotatable bonds is 5. The number of azide groups is 2. The molecule has 0 aromatic heterocycles. The Morgan fingerprint density at radius 3 is 2.38 bits per heavy atom. The van der Waals surface area contributed by atoms with Crippen LogP contribution in [-0.4, -0.2) is 74.2 Å². The summed E-state index contributed by atoms with van der Waals surface area (Å²) < 4.78 is 5.50. The van der Waals surface area contributed by atoms with E-state index in [0.717, 1.165) is 18.2 Å². The minimum atomic E-state index is -1.33. The van der Waals surface area contributed by atoms with Crippen molar-refractivity contribution in [1.82, 2.24) is 0 Å². The van der Waals surface area contributed by atoms with Gasteiger partial charge in [0.05, 0.1) is 30.9 Å². The summed E-state index contributed by atoms with van der Waals surface area (Å²) in [6, 6.07) is -1.71. The van der Waals surface area contributed by atoms with E-state index >= 15 is 0 Å². The molecule has 4 unspecified atom stereocenters. The van der Waals surface area contributed by atoms with Crippen LogP contribution in [0.15, 0.2) is 10.2 Å². The Bertz CT molecular complexity index is 528. The number of hydrogen-bond donors (Lipinski definition) is 4. The van der Waals surface area contributed by atoms with E-state index in [1.807, 2.05) is 0 Å². The molecule has 2 aliphatic rings. The minimum Gasteiger partial charge on any atom is -0.394 e. The van der Waals surface area contributed by atoms with Crippen LogP contribution < -0.4 is 0 Å². The highest BCUT2D eigenvalue weighted by Gasteiger charge is 2.46. The van der Waals surface area contributed by atoms with Crippen molar-refractivity contribution in [2.75, 3.05) is 6.61 Å². The smallest absolute Gasteiger partial charge is 0.130 e. The van der Waals surface area contributed by atoms with Crippen LogP contribution in [0.1, 0.15) is 19.3 Å². The van der Waals surface area contributed by atoms with Gasteiger partial charge in [-0.25, -0.2) is 0 Å². The fraction of sp³-hybridized carbons (Fsp3) is 1.00. The molecule has 0 aromatic carbocycles. The average molecular weight is 360 g/mol. The van der Waals surface area contributed by atoms with Crippen LogP contribution in [-0.2, 0) is 4.74 Å². The third-order valence-corrected chi connectivity index (χ3v) is 5.83. The lowest BCUT2D eigenvalue weighted by atomic mass is 9.93. The summed E-state index contributed by atoms with van der Waals surface area (Å²) in [6.45, 7) is -0.503. The van der Waals surface area contributed by atoms with E-state index in [0.29, 0.717) is 12.8 Å². The third kappa shape index (κ3) is 4.05. The van der Waals surface area contributed by atoms with E-state index in [-0.39, 0.29) is 5.25 Å². The third-order valence-electron chi connectivity index (χ3n) is 4.31. The lowest BCUT2D eigenvalue weighted by Crippen LogP contribution is -2.57. The van der Waals surface area contributed by atoms with Crippen molar-refractivity contribution in [1.29, 1.82) is 0 Å². The Hall–Kier alpha value is -1.23. The van der Waals surface area contributed by atoms with Gasteiger partial charge in [-0.3, -0.25) is 0 Å². The van der Waals surface area contributed by atoms with E-state index < -0.39 is 48.5 Å². The van der Waals surface area contributed by atoms with Gasteiger partial charge in [0.25, 0.3) is 0 Å². The normalized spacial score (nSPS) is 42.7. The number of aliphatic hydroxyl groups is 4. The molecule has 0 amide bonds. The molecule has 1 heterocycles. The van der Waals surface area contributed by atoms with Crippen molar-refractivity contribution in [2.45, 2.75) is 66.4 Å². The fourth-order valence-corrected chi connectivity index (χ4v) is 4.53. The molecule has 2 fully saturated rings. The molecule has 12 heteroatoms. The molecule has 24 heavy (non-hydrogen) atoms. The van der Waals surface area contributed by atoms with Crippen molar-refractivity contribution in [2.24, 2.45) is 10.2 Å². The van der Waals surface area contributed by atoms with Crippen LogP contribution in [0.3, 0.4) is 0 Å². The molecule has 134 valence electrons.